The average Bonchev–Trinajstić information content (AvgIpc) is 2.91. The Morgan fingerprint density at radius 2 is 2.12 bits per heavy atom. The highest BCUT2D eigenvalue weighted by atomic mass is 16.6. The lowest BCUT2D eigenvalue weighted by Crippen LogP contribution is -2.68. The fraction of sp³-hybridized carbons (Fsp3) is 0.722. The van der Waals surface area contributed by atoms with E-state index in [2.05, 4.69) is 15.3 Å². The van der Waals surface area contributed by atoms with Gasteiger partial charge in [-0.1, -0.05) is 6.42 Å². The van der Waals surface area contributed by atoms with Gasteiger partial charge in [-0.05, 0) is 32.1 Å². The Kier molecular flexibility index (Phi) is 3.05. The summed E-state index contributed by atoms with van der Waals surface area (Å²) >= 11 is 0. The molecule has 7 heteroatoms. The van der Waals surface area contributed by atoms with Gasteiger partial charge in [0.05, 0.1) is 23.3 Å². The van der Waals surface area contributed by atoms with E-state index in [0.29, 0.717) is 24.6 Å². The Bertz CT molecular complexity index is 788. The van der Waals surface area contributed by atoms with Crippen LogP contribution in [-0.2, 0) is 4.74 Å². The molecule has 3 heterocycles. The van der Waals surface area contributed by atoms with E-state index in [1.54, 1.807) is 0 Å². The van der Waals surface area contributed by atoms with E-state index in [1.807, 2.05) is 0 Å². The van der Waals surface area contributed by atoms with Crippen molar-refractivity contribution >= 4 is 5.91 Å². The molecule has 2 aliphatic heterocycles. The van der Waals surface area contributed by atoms with Gasteiger partial charge in [-0.2, -0.15) is 0 Å². The van der Waals surface area contributed by atoms with Crippen molar-refractivity contribution < 1.29 is 14.6 Å². The minimum Gasteiger partial charge on any atom is -0.393 e. The van der Waals surface area contributed by atoms with Crippen molar-refractivity contribution in [3.05, 3.63) is 27.9 Å². The van der Waals surface area contributed by atoms with Gasteiger partial charge in [0.25, 0.3) is 11.5 Å². The number of hydrogen-bond acceptors (Lipinski definition) is 5. The summed E-state index contributed by atoms with van der Waals surface area (Å²) < 4.78 is 6.17. The first-order valence-electron chi connectivity index (χ1n) is 9.23. The van der Waals surface area contributed by atoms with E-state index in [1.165, 1.54) is 6.20 Å². The third-order valence-electron chi connectivity index (χ3n) is 6.89. The molecule has 2 bridgehead atoms. The zero-order valence-electron chi connectivity index (χ0n) is 14.1. The monoisotopic (exact) mass is 345 g/mol. The van der Waals surface area contributed by atoms with E-state index in [4.69, 9.17) is 4.74 Å². The first-order valence-corrected chi connectivity index (χ1v) is 9.23. The van der Waals surface area contributed by atoms with E-state index < -0.39 is 17.0 Å². The highest BCUT2D eigenvalue weighted by Crippen LogP contribution is 2.66. The molecule has 7 nitrogen and oxygen atoms in total. The molecule has 1 aromatic rings. The summed E-state index contributed by atoms with van der Waals surface area (Å²) in [6, 6.07) is 0. The van der Waals surface area contributed by atoms with Crippen molar-refractivity contribution in [2.24, 2.45) is 0 Å². The number of aliphatic hydroxyl groups excluding tert-OH is 1. The van der Waals surface area contributed by atoms with Gasteiger partial charge >= 0.3 is 0 Å². The number of aliphatic hydroxyl groups is 1. The van der Waals surface area contributed by atoms with Crippen LogP contribution < -0.4 is 10.9 Å². The first-order chi connectivity index (χ1) is 12.0. The zero-order valence-corrected chi connectivity index (χ0v) is 14.1. The van der Waals surface area contributed by atoms with Gasteiger partial charge in [-0.3, -0.25) is 9.59 Å². The van der Waals surface area contributed by atoms with Crippen LogP contribution in [0.25, 0.3) is 0 Å². The number of carbonyl (C=O) groups is 1. The molecule has 0 atom stereocenters. The molecule has 25 heavy (non-hydrogen) atoms. The Labute approximate surface area is 145 Å². The third-order valence-corrected chi connectivity index (χ3v) is 6.89. The predicted molar refractivity (Wildman–Crippen MR) is 88.4 cm³/mol. The number of aromatic nitrogens is 2. The summed E-state index contributed by atoms with van der Waals surface area (Å²) in [5.74, 6) is 0.618. The molecule has 3 N–H and O–H groups in total. The van der Waals surface area contributed by atoms with E-state index in [-0.39, 0.29) is 23.3 Å². The number of nitrogens with one attached hydrogen (secondary N) is 2. The summed E-state index contributed by atoms with van der Waals surface area (Å²) in [4.78, 5) is 32.2. The molecule has 6 rings (SSSR count). The Hall–Kier alpha value is -1.73. The second-order valence-electron chi connectivity index (χ2n) is 8.32. The molecular formula is C18H23N3O4. The molecule has 3 aliphatic carbocycles. The van der Waals surface area contributed by atoms with Crippen LogP contribution in [0.1, 0.15) is 73.5 Å². The molecule has 0 unspecified atom stereocenters. The quantitative estimate of drug-likeness (QED) is 0.755. The van der Waals surface area contributed by atoms with Crippen LogP contribution in [0.3, 0.4) is 0 Å². The maximum atomic E-state index is 12.7. The van der Waals surface area contributed by atoms with Gasteiger partial charge in [-0.15, -0.1) is 0 Å². The number of H-pyrrole nitrogens is 1. The molecule has 134 valence electrons. The maximum absolute atomic E-state index is 12.7. The van der Waals surface area contributed by atoms with E-state index in [0.717, 1.165) is 38.5 Å². The van der Waals surface area contributed by atoms with Crippen LogP contribution in [0.15, 0.2) is 11.0 Å². The van der Waals surface area contributed by atoms with E-state index >= 15 is 0 Å². The second kappa shape index (κ2) is 4.92. The predicted octanol–water partition coefficient (Wildman–Crippen LogP) is 0.984. The molecule has 5 fully saturated rings. The second-order valence-corrected chi connectivity index (χ2v) is 8.32. The number of nitrogens with zero attached hydrogens (tertiary/aromatic N) is 1. The van der Waals surface area contributed by atoms with Gasteiger partial charge in [0, 0.05) is 25.0 Å². The van der Waals surface area contributed by atoms with Crippen LogP contribution in [0.5, 0.6) is 0 Å². The van der Waals surface area contributed by atoms with Gasteiger partial charge in [-0.25, -0.2) is 4.98 Å². The Morgan fingerprint density at radius 1 is 1.36 bits per heavy atom. The minimum atomic E-state index is -0.507. The summed E-state index contributed by atoms with van der Waals surface area (Å²) in [7, 11) is 0. The van der Waals surface area contributed by atoms with Crippen molar-refractivity contribution in [1.29, 1.82) is 0 Å². The molecule has 2 saturated heterocycles. The number of aromatic amines is 1. The van der Waals surface area contributed by atoms with Crippen molar-refractivity contribution in [3.8, 4) is 0 Å². The zero-order chi connectivity index (χ0) is 17.3. The molecule has 5 aliphatic rings. The summed E-state index contributed by atoms with van der Waals surface area (Å²) in [5, 5.41) is 12.7. The van der Waals surface area contributed by atoms with Crippen molar-refractivity contribution in [2.45, 2.75) is 74.0 Å². The van der Waals surface area contributed by atoms with Crippen molar-refractivity contribution in [2.75, 3.05) is 6.61 Å². The van der Waals surface area contributed by atoms with Gasteiger partial charge < -0.3 is 20.1 Å². The fourth-order valence-electron chi connectivity index (χ4n) is 5.12. The molecule has 1 aromatic heterocycles. The summed E-state index contributed by atoms with van der Waals surface area (Å²) in [6.07, 6.45) is 8.74. The number of hydrogen-bond donors (Lipinski definition) is 3. The molecule has 0 radical (unpaired) electrons. The lowest BCUT2D eigenvalue weighted by Gasteiger charge is -2.51. The van der Waals surface area contributed by atoms with Crippen LogP contribution >= 0.6 is 0 Å². The van der Waals surface area contributed by atoms with Crippen LogP contribution in [-0.4, -0.2) is 44.3 Å². The standard InChI is InChI=1S/C18H23N3O4/c22-10-16-8-17(9-16,18(25-16)5-2-6-18)21-15(24)12-7-19-13(20-14(12)23)11-3-1-4-11/h7,11,22H,1-6,8-10H2,(H,21,24)(H,19,20,23). The Morgan fingerprint density at radius 3 is 2.64 bits per heavy atom. The lowest BCUT2D eigenvalue weighted by molar-refractivity contribution is -0.126. The number of carbonyl (C=O) groups excluding carboxylic acids is 1. The lowest BCUT2D eigenvalue weighted by atomic mass is 9.56. The molecule has 3 saturated carbocycles. The van der Waals surface area contributed by atoms with Gasteiger partial charge in [0.1, 0.15) is 11.4 Å². The SMILES string of the molecule is O=C(NC12CC(CO)(C1)OC21CCC1)c1cnc(C2CCC2)[nH]c1=O. The number of rotatable bonds is 4. The highest BCUT2D eigenvalue weighted by molar-refractivity contribution is 5.94. The minimum absolute atomic E-state index is 0.0232. The van der Waals surface area contributed by atoms with Crippen molar-refractivity contribution in [1.82, 2.24) is 15.3 Å². The fourth-order valence-corrected chi connectivity index (χ4v) is 5.12. The molecule has 1 spiro atoms. The molecule has 1 amide bonds. The summed E-state index contributed by atoms with van der Waals surface area (Å²) in [6.45, 7) is -0.0232. The third kappa shape index (κ3) is 1.96. The molecular weight excluding hydrogens is 322 g/mol. The first kappa shape index (κ1) is 15.5. The molecule has 0 aromatic carbocycles. The largest absolute Gasteiger partial charge is 0.393 e. The van der Waals surface area contributed by atoms with E-state index in [9.17, 15) is 14.7 Å². The van der Waals surface area contributed by atoms with Gasteiger partial charge in [0.2, 0.25) is 0 Å². The topological polar surface area (TPSA) is 104 Å². The smallest absolute Gasteiger partial charge is 0.263 e. The summed E-state index contributed by atoms with van der Waals surface area (Å²) in [5.41, 5.74) is -1.64. The Balaban J connectivity index is 1.38. The normalized spacial score (nSPS) is 34.9. The van der Waals surface area contributed by atoms with Crippen molar-refractivity contribution in [3.63, 3.8) is 0 Å². The van der Waals surface area contributed by atoms with Crippen LogP contribution in [0, 0.1) is 0 Å². The number of ether oxygens (including phenoxy) is 1. The highest BCUT2D eigenvalue weighted by Gasteiger charge is 2.76. The van der Waals surface area contributed by atoms with Crippen LogP contribution in [0.4, 0.5) is 0 Å². The maximum Gasteiger partial charge on any atom is 0.263 e. The van der Waals surface area contributed by atoms with Gasteiger partial charge in [0.15, 0.2) is 0 Å². The number of amides is 1. The van der Waals surface area contributed by atoms with Crippen LogP contribution in [0.2, 0.25) is 0 Å². The average molecular weight is 345 g/mol.